The first-order chi connectivity index (χ1) is 8.28. The zero-order chi connectivity index (χ0) is 12.3. The molecular weight excluding hydrogens is 210 g/mol. The molecule has 0 saturated carbocycles. The van der Waals surface area contributed by atoms with E-state index in [0.717, 1.165) is 31.4 Å². The van der Waals surface area contributed by atoms with Crippen molar-refractivity contribution in [2.75, 3.05) is 7.11 Å². The number of hydrogen-bond acceptors (Lipinski definition) is 2. The Balaban J connectivity index is 2.37. The second kappa shape index (κ2) is 5.35. The van der Waals surface area contributed by atoms with Crippen LogP contribution in [0.1, 0.15) is 43.4 Å². The Bertz CT molecular complexity index is 423. The van der Waals surface area contributed by atoms with Crippen LogP contribution in [0.4, 0.5) is 0 Å². The zero-order valence-corrected chi connectivity index (χ0v) is 11.0. The van der Waals surface area contributed by atoms with Crippen LogP contribution in [0, 0.1) is 0 Å². The Kier molecular flexibility index (Phi) is 3.82. The van der Waals surface area contributed by atoms with Crippen LogP contribution >= 0.6 is 0 Å². The van der Waals surface area contributed by atoms with Gasteiger partial charge in [-0.25, -0.2) is 0 Å². The fourth-order valence-electron chi connectivity index (χ4n) is 2.39. The summed E-state index contributed by atoms with van der Waals surface area (Å²) >= 11 is 0. The molecule has 1 aromatic carbocycles. The van der Waals surface area contributed by atoms with Crippen molar-refractivity contribution in [1.29, 1.82) is 0 Å². The first-order valence-electron chi connectivity index (χ1n) is 6.51. The number of fused-ring (bicyclic) bond motifs is 1. The quantitative estimate of drug-likeness (QED) is 0.778. The van der Waals surface area contributed by atoms with Gasteiger partial charge < -0.3 is 4.74 Å². The molecule has 1 aliphatic rings. The van der Waals surface area contributed by atoms with Crippen LogP contribution in [-0.4, -0.2) is 19.4 Å². The maximum Gasteiger partial charge on any atom is 0.122 e. The summed E-state index contributed by atoms with van der Waals surface area (Å²) in [7, 11) is 1.75. The number of nitrogens with zero attached hydrogens (tertiary/aromatic N) is 1. The highest BCUT2D eigenvalue weighted by Crippen LogP contribution is 2.27. The van der Waals surface area contributed by atoms with E-state index in [2.05, 4.69) is 31.0 Å². The smallest absolute Gasteiger partial charge is 0.122 e. The predicted octanol–water partition coefficient (Wildman–Crippen LogP) is 3.40. The van der Waals surface area contributed by atoms with Crippen molar-refractivity contribution in [1.82, 2.24) is 0 Å². The van der Waals surface area contributed by atoms with Crippen molar-refractivity contribution >= 4 is 6.21 Å². The van der Waals surface area contributed by atoms with Crippen molar-refractivity contribution in [3.63, 3.8) is 0 Å². The Morgan fingerprint density at radius 1 is 1.35 bits per heavy atom. The van der Waals surface area contributed by atoms with E-state index in [0.29, 0.717) is 6.04 Å². The summed E-state index contributed by atoms with van der Waals surface area (Å²) in [5.41, 5.74) is 3.99. The van der Waals surface area contributed by atoms with E-state index in [-0.39, 0.29) is 0 Å². The van der Waals surface area contributed by atoms with Crippen LogP contribution in [0.15, 0.2) is 17.1 Å². The average Bonchev–Trinajstić information content (AvgIpc) is 2.37. The van der Waals surface area contributed by atoms with Gasteiger partial charge >= 0.3 is 0 Å². The van der Waals surface area contributed by atoms with E-state index in [1.165, 1.54) is 16.7 Å². The Hall–Kier alpha value is -1.31. The highest BCUT2D eigenvalue weighted by atomic mass is 16.5. The van der Waals surface area contributed by atoms with Crippen LogP contribution in [0.5, 0.6) is 5.75 Å². The number of ether oxygens (including phenoxy) is 1. The average molecular weight is 231 g/mol. The monoisotopic (exact) mass is 231 g/mol. The Morgan fingerprint density at radius 3 is 2.82 bits per heavy atom. The van der Waals surface area contributed by atoms with Gasteiger partial charge in [0.05, 0.1) is 13.2 Å². The summed E-state index contributed by atoms with van der Waals surface area (Å²) in [6, 6.07) is 4.91. The van der Waals surface area contributed by atoms with Crippen molar-refractivity contribution in [3.8, 4) is 5.75 Å². The first-order valence-corrected chi connectivity index (χ1v) is 6.51. The standard InChI is InChI=1S/C15H21NO/c1-4-6-11-7-12-8-14(5-2)16-10-13(12)9-15(11)17-3/h7,9-10,14H,4-6,8H2,1-3H3/t14-/m1/s1. The lowest BCUT2D eigenvalue weighted by Gasteiger charge is -2.20. The van der Waals surface area contributed by atoms with E-state index in [1.807, 2.05) is 6.21 Å². The SMILES string of the molecule is CCCc1cc2c(cc1OC)C=N[C@H](CC)C2. The molecule has 92 valence electrons. The number of aryl methyl sites for hydroxylation is 1. The second-order valence-electron chi connectivity index (χ2n) is 4.66. The van der Waals surface area contributed by atoms with Gasteiger partial charge in [-0.05, 0) is 42.0 Å². The normalized spacial score (nSPS) is 17.9. The minimum Gasteiger partial charge on any atom is -0.496 e. The van der Waals surface area contributed by atoms with Gasteiger partial charge in [-0.15, -0.1) is 0 Å². The lowest BCUT2D eigenvalue weighted by molar-refractivity contribution is 0.409. The summed E-state index contributed by atoms with van der Waals surface area (Å²) in [6.45, 7) is 4.40. The van der Waals surface area contributed by atoms with E-state index >= 15 is 0 Å². The van der Waals surface area contributed by atoms with E-state index in [9.17, 15) is 0 Å². The number of methoxy groups -OCH3 is 1. The highest BCUT2D eigenvalue weighted by Gasteiger charge is 2.16. The number of aliphatic imine (C=N–C) groups is 1. The lowest BCUT2D eigenvalue weighted by Crippen LogP contribution is -2.15. The largest absolute Gasteiger partial charge is 0.496 e. The minimum absolute atomic E-state index is 0.463. The molecule has 0 saturated heterocycles. The van der Waals surface area contributed by atoms with Gasteiger partial charge in [0.25, 0.3) is 0 Å². The van der Waals surface area contributed by atoms with Crippen molar-refractivity contribution < 1.29 is 4.74 Å². The molecule has 0 unspecified atom stereocenters. The van der Waals surface area contributed by atoms with Crippen LogP contribution in [0.3, 0.4) is 0 Å². The first kappa shape index (κ1) is 12.2. The van der Waals surface area contributed by atoms with Crippen LogP contribution in [-0.2, 0) is 12.8 Å². The molecule has 1 aromatic rings. The van der Waals surface area contributed by atoms with Crippen LogP contribution in [0.2, 0.25) is 0 Å². The molecule has 0 aromatic heterocycles. The Morgan fingerprint density at radius 2 is 2.18 bits per heavy atom. The van der Waals surface area contributed by atoms with Crippen molar-refractivity contribution in [3.05, 3.63) is 28.8 Å². The zero-order valence-electron chi connectivity index (χ0n) is 11.0. The molecule has 2 rings (SSSR count). The van der Waals surface area contributed by atoms with Gasteiger partial charge in [-0.2, -0.15) is 0 Å². The van der Waals surface area contributed by atoms with Gasteiger partial charge in [-0.3, -0.25) is 4.99 Å². The molecule has 0 radical (unpaired) electrons. The molecule has 2 nitrogen and oxygen atoms in total. The highest BCUT2D eigenvalue weighted by molar-refractivity contribution is 5.84. The molecule has 1 aliphatic heterocycles. The minimum atomic E-state index is 0.463. The maximum atomic E-state index is 5.46. The molecule has 0 amide bonds. The summed E-state index contributed by atoms with van der Waals surface area (Å²) in [5, 5.41) is 0. The molecule has 0 bridgehead atoms. The van der Waals surface area contributed by atoms with Crippen LogP contribution < -0.4 is 4.74 Å². The third-order valence-corrected chi connectivity index (χ3v) is 3.41. The van der Waals surface area contributed by atoms with Gasteiger partial charge in [0, 0.05) is 6.21 Å². The lowest BCUT2D eigenvalue weighted by atomic mass is 9.93. The fraction of sp³-hybridized carbons (Fsp3) is 0.533. The molecule has 2 heteroatoms. The third kappa shape index (κ3) is 2.51. The van der Waals surface area contributed by atoms with Crippen LogP contribution in [0.25, 0.3) is 0 Å². The van der Waals surface area contributed by atoms with Gasteiger partial charge in [0.2, 0.25) is 0 Å². The molecule has 17 heavy (non-hydrogen) atoms. The van der Waals surface area contributed by atoms with Gasteiger partial charge in [0.15, 0.2) is 0 Å². The molecule has 0 fully saturated rings. The van der Waals surface area contributed by atoms with Crippen molar-refractivity contribution in [2.24, 2.45) is 4.99 Å². The summed E-state index contributed by atoms with van der Waals surface area (Å²) in [4.78, 5) is 4.56. The molecule has 0 aliphatic carbocycles. The summed E-state index contributed by atoms with van der Waals surface area (Å²) < 4.78 is 5.46. The summed E-state index contributed by atoms with van der Waals surface area (Å²) in [6.07, 6.45) is 6.43. The molecule has 1 atom stereocenters. The molecule has 0 spiro atoms. The third-order valence-electron chi connectivity index (χ3n) is 3.41. The number of rotatable bonds is 4. The number of hydrogen-bond donors (Lipinski definition) is 0. The van der Waals surface area contributed by atoms with Gasteiger partial charge in [-0.1, -0.05) is 26.3 Å². The topological polar surface area (TPSA) is 21.6 Å². The Labute approximate surface area is 104 Å². The van der Waals surface area contributed by atoms with E-state index in [1.54, 1.807) is 7.11 Å². The fourth-order valence-corrected chi connectivity index (χ4v) is 2.39. The second-order valence-corrected chi connectivity index (χ2v) is 4.66. The predicted molar refractivity (Wildman–Crippen MR) is 72.4 cm³/mol. The number of benzene rings is 1. The maximum absolute atomic E-state index is 5.46. The van der Waals surface area contributed by atoms with Gasteiger partial charge in [0.1, 0.15) is 5.75 Å². The molecule has 0 N–H and O–H groups in total. The van der Waals surface area contributed by atoms with E-state index in [4.69, 9.17) is 4.74 Å². The molecule has 1 heterocycles. The summed E-state index contributed by atoms with van der Waals surface area (Å²) in [5.74, 6) is 1.01. The molecular formula is C15H21NO. The van der Waals surface area contributed by atoms with E-state index < -0.39 is 0 Å². The van der Waals surface area contributed by atoms with Crippen molar-refractivity contribution in [2.45, 2.75) is 45.6 Å².